The van der Waals surface area contributed by atoms with E-state index in [2.05, 4.69) is 0 Å². The monoisotopic (exact) mass is 421 g/mol. The van der Waals surface area contributed by atoms with E-state index in [1.165, 1.54) is 23.1 Å². The summed E-state index contributed by atoms with van der Waals surface area (Å²) in [5.74, 6) is -2.00. The molecule has 1 aliphatic heterocycles. The van der Waals surface area contributed by atoms with Crippen molar-refractivity contribution in [2.45, 2.75) is 24.8 Å². The van der Waals surface area contributed by atoms with E-state index in [0.29, 0.717) is 11.3 Å². The fourth-order valence-corrected chi connectivity index (χ4v) is 4.07. The zero-order chi connectivity index (χ0) is 21.3. The maximum absolute atomic E-state index is 14.8. The third-order valence-electron chi connectivity index (χ3n) is 4.77. The number of fused-ring (bicyclic) bond motifs is 1. The van der Waals surface area contributed by atoms with Crippen LogP contribution in [0.5, 0.6) is 5.75 Å². The van der Waals surface area contributed by atoms with E-state index < -0.39 is 32.4 Å². The van der Waals surface area contributed by atoms with Crippen LogP contribution < -0.4 is 4.74 Å². The van der Waals surface area contributed by atoms with Crippen molar-refractivity contribution < 1.29 is 32.2 Å². The lowest BCUT2D eigenvalue weighted by Crippen LogP contribution is -2.33. The zero-order valence-corrected chi connectivity index (χ0v) is 16.8. The molecule has 0 fully saturated rings. The van der Waals surface area contributed by atoms with Gasteiger partial charge in [0.2, 0.25) is 0 Å². The van der Waals surface area contributed by atoms with E-state index in [0.717, 1.165) is 12.3 Å². The number of nitrogens with zero attached hydrogens (tertiary/aromatic N) is 1. The molecule has 0 aromatic heterocycles. The van der Waals surface area contributed by atoms with Crippen molar-refractivity contribution in [2.75, 3.05) is 19.4 Å². The number of rotatable bonds is 4. The van der Waals surface area contributed by atoms with E-state index in [1.807, 2.05) is 0 Å². The van der Waals surface area contributed by atoms with Gasteiger partial charge in [0.05, 0.1) is 12.1 Å². The van der Waals surface area contributed by atoms with Gasteiger partial charge in [0, 0.05) is 29.5 Å². The number of hydrogen-bond donors (Lipinski definition) is 1. The van der Waals surface area contributed by atoms with Gasteiger partial charge in [-0.15, -0.1) is 0 Å². The van der Waals surface area contributed by atoms with Crippen molar-refractivity contribution in [3.63, 3.8) is 0 Å². The zero-order valence-electron chi connectivity index (χ0n) is 15.9. The predicted octanol–water partition coefficient (Wildman–Crippen LogP) is 2.52. The van der Waals surface area contributed by atoms with Gasteiger partial charge in [0.15, 0.2) is 9.84 Å². The summed E-state index contributed by atoms with van der Waals surface area (Å²) in [7, 11) is -3.77. The van der Waals surface area contributed by atoms with E-state index in [1.54, 1.807) is 13.0 Å². The first-order valence-corrected chi connectivity index (χ1v) is 10.8. The first-order valence-electron chi connectivity index (χ1n) is 8.93. The Morgan fingerprint density at radius 1 is 1.24 bits per heavy atom. The van der Waals surface area contributed by atoms with Crippen LogP contribution in [-0.2, 0) is 22.8 Å². The molecule has 29 heavy (non-hydrogen) atoms. The molecule has 7 nitrogen and oxygen atoms in total. The minimum atomic E-state index is -3.77. The van der Waals surface area contributed by atoms with Crippen molar-refractivity contribution in [3.05, 3.63) is 58.4 Å². The number of ether oxygens (including phenoxy) is 1. The molecule has 1 heterocycles. The van der Waals surface area contributed by atoms with Crippen LogP contribution in [0.3, 0.4) is 0 Å². The highest BCUT2D eigenvalue weighted by atomic mass is 32.2. The number of sulfone groups is 1. The second-order valence-corrected chi connectivity index (χ2v) is 8.72. The normalized spacial score (nSPS) is 14.0. The minimum Gasteiger partial charge on any atom is -0.491 e. The van der Waals surface area contributed by atoms with Gasteiger partial charge in [0.1, 0.15) is 23.1 Å². The van der Waals surface area contributed by atoms with Crippen LogP contribution in [0.25, 0.3) is 0 Å². The van der Waals surface area contributed by atoms with Gasteiger partial charge in [-0.25, -0.2) is 17.6 Å². The van der Waals surface area contributed by atoms with E-state index in [-0.39, 0.29) is 42.8 Å². The number of carbonyl (C=O) groups excluding carboxylic acids is 1. The van der Waals surface area contributed by atoms with Gasteiger partial charge >= 0.3 is 5.97 Å². The number of benzene rings is 2. The number of halogens is 1. The third-order valence-corrected chi connectivity index (χ3v) is 5.88. The van der Waals surface area contributed by atoms with Crippen molar-refractivity contribution in [2.24, 2.45) is 0 Å². The average molecular weight is 421 g/mol. The van der Waals surface area contributed by atoms with Crippen LogP contribution in [-0.4, -0.2) is 49.7 Å². The highest BCUT2D eigenvalue weighted by Crippen LogP contribution is 2.28. The van der Waals surface area contributed by atoms with Crippen LogP contribution in [0.1, 0.15) is 38.8 Å². The SMILES string of the molecule is CCc1c(C(=O)N2CCOc3ccc(C(=O)O)cc3C2)ccc(S(C)(=O)=O)c1F. The Morgan fingerprint density at radius 2 is 1.97 bits per heavy atom. The fraction of sp³-hybridized carbons (Fsp3) is 0.300. The van der Waals surface area contributed by atoms with Crippen LogP contribution in [0.15, 0.2) is 35.2 Å². The quantitative estimate of drug-likeness (QED) is 0.814. The van der Waals surface area contributed by atoms with Crippen molar-refractivity contribution in [1.82, 2.24) is 4.90 Å². The van der Waals surface area contributed by atoms with Gasteiger partial charge in [-0.2, -0.15) is 0 Å². The number of carboxylic acid groups (broad SMARTS) is 1. The summed E-state index contributed by atoms with van der Waals surface area (Å²) in [5.41, 5.74) is 0.708. The molecule has 0 bridgehead atoms. The summed E-state index contributed by atoms with van der Waals surface area (Å²) in [6.07, 6.45) is 1.05. The molecular formula is C20H20FNO6S. The van der Waals surface area contributed by atoms with E-state index in [4.69, 9.17) is 4.74 Å². The van der Waals surface area contributed by atoms with Crippen molar-refractivity contribution in [1.29, 1.82) is 0 Å². The fourth-order valence-electron chi connectivity index (χ4n) is 3.30. The molecule has 1 amide bonds. The highest BCUT2D eigenvalue weighted by Gasteiger charge is 2.27. The Kier molecular flexibility index (Phi) is 5.61. The summed E-state index contributed by atoms with van der Waals surface area (Å²) >= 11 is 0. The lowest BCUT2D eigenvalue weighted by molar-refractivity contribution is 0.0696. The first kappa shape index (κ1) is 20.8. The lowest BCUT2D eigenvalue weighted by atomic mass is 10.0. The summed E-state index contributed by atoms with van der Waals surface area (Å²) in [6, 6.07) is 6.83. The molecule has 0 saturated heterocycles. The third kappa shape index (κ3) is 4.09. The van der Waals surface area contributed by atoms with Gasteiger partial charge < -0.3 is 14.7 Å². The van der Waals surface area contributed by atoms with Crippen LogP contribution in [0.4, 0.5) is 4.39 Å². The second-order valence-electron chi connectivity index (χ2n) is 6.73. The number of carboxylic acids is 1. The number of aromatic carboxylic acids is 1. The average Bonchev–Trinajstić information content (AvgIpc) is 2.87. The molecule has 0 unspecified atom stereocenters. The van der Waals surface area contributed by atoms with Crippen LogP contribution in [0, 0.1) is 5.82 Å². The Morgan fingerprint density at radius 3 is 2.59 bits per heavy atom. The van der Waals surface area contributed by atoms with Crippen molar-refractivity contribution >= 4 is 21.7 Å². The molecule has 0 radical (unpaired) electrons. The topological polar surface area (TPSA) is 101 Å². The molecule has 9 heteroatoms. The molecule has 2 aromatic carbocycles. The standard InChI is InChI=1S/C20H20FNO6S/c1-3-14-15(5-7-17(18(14)21)29(2,26)27)19(23)22-8-9-28-16-6-4-12(20(24)25)10-13(16)11-22/h4-7,10H,3,8-9,11H2,1-2H3,(H,24,25). The van der Waals surface area contributed by atoms with Crippen LogP contribution >= 0.6 is 0 Å². The van der Waals surface area contributed by atoms with Crippen LogP contribution in [0.2, 0.25) is 0 Å². The van der Waals surface area contributed by atoms with Gasteiger partial charge in [-0.1, -0.05) is 6.92 Å². The second kappa shape index (κ2) is 7.82. The summed E-state index contributed by atoms with van der Waals surface area (Å²) in [6.45, 7) is 2.14. The molecule has 2 aromatic rings. The van der Waals surface area contributed by atoms with Gasteiger partial charge in [-0.05, 0) is 36.8 Å². The molecule has 3 rings (SSSR count). The Balaban J connectivity index is 1.99. The summed E-state index contributed by atoms with van der Waals surface area (Å²) < 4.78 is 43.9. The van der Waals surface area contributed by atoms with E-state index >= 15 is 0 Å². The molecule has 0 aliphatic carbocycles. The number of hydrogen-bond acceptors (Lipinski definition) is 5. The molecule has 1 aliphatic rings. The molecule has 0 spiro atoms. The van der Waals surface area contributed by atoms with Gasteiger partial charge in [-0.3, -0.25) is 4.79 Å². The largest absolute Gasteiger partial charge is 0.491 e. The Labute approximate surface area is 167 Å². The molecule has 0 atom stereocenters. The Bertz CT molecular complexity index is 1100. The van der Waals surface area contributed by atoms with Crippen molar-refractivity contribution in [3.8, 4) is 5.75 Å². The smallest absolute Gasteiger partial charge is 0.335 e. The summed E-state index contributed by atoms with van der Waals surface area (Å²) in [5, 5.41) is 9.19. The highest BCUT2D eigenvalue weighted by molar-refractivity contribution is 7.90. The Hall–Kier alpha value is -2.94. The molecular weight excluding hydrogens is 401 g/mol. The maximum atomic E-state index is 14.8. The maximum Gasteiger partial charge on any atom is 0.335 e. The minimum absolute atomic E-state index is 0.0302. The van der Waals surface area contributed by atoms with Gasteiger partial charge in [0.25, 0.3) is 5.91 Å². The van der Waals surface area contributed by atoms with E-state index in [9.17, 15) is 27.5 Å². The molecule has 0 saturated carbocycles. The first-order chi connectivity index (χ1) is 13.6. The summed E-state index contributed by atoms with van der Waals surface area (Å²) in [4.78, 5) is 25.3. The molecule has 1 N–H and O–H groups in total. The molecule has 154 valence electrons. The number of carbonyl (C=O) groups is 2. The predicted molar refractivity (Wildman–Crippen MR) is 103 cm³/mol. The lowest BCUT2D eigenvalue weighted by Gasteiger charge is -2.22. The number of amides is 1.